The molecule has 0 saturated carbocycles. The summed E-state index contributed by atoms with van der Waals surface area (Å²) >= 11 is 6.75. The third-order valence-electron chi connectivity index (χ3n) is 3.64. The summed E-state index contributed by atoms with van der Waals surface area (Å²) in [5.41, 5.74) is 0.585. The fourth-order valence-electron chi connectivity index (χ4n) is 2.47. The van der Waals surface area contributed by atoms with Crippen molar-refractivity contribution >= 4 is 39.9 Å². The van der Waals surface area contributed by atoms with E-state index in [1.54, 1.807) is 12.1 Å². The molecule has 1 N–H and O–H groups in total. The lowest BCUT2D eigenvalue weighted by molar-refractivity contribution is -0.113. The predicted molar refractivity (Wildman–Crippen MR) is 101 cm³/mol. The second-order valence-electron chi connectivity index (χ2n) is 5.21. The van der Waals surface area contributed by atoms with Gasteiger partial charge in [-0.1, -0.05) is 24.0 Å². The lowest BCUT2D eigenvalue weighted by atomic mass is 10.2. The van der Waals surface area contributed by atoms with Crippen LogP contribution in [0.1, 0.15) is 12.8 Å². The molecule has 1 heterocycles. The highest BCUT2D eigenvalue weighted by atomic mass is 32.2. The summed E-state index contributed by atoms with van der Waals surface area (Å²) in [5.74, 6) is 1.62. The molecule has 0 aromatic heterocycles. The molecule has 1 amide bonds. The molecule has 24 heavy (non-hydrogen) atoms. The molecule has 1 saturated heterocycles. The molecule has 0 radical (unpaired) electrons. The van der Waals surface area contributed by atoms with Gasteiger partial charge in [-0.25, -0.2) is 0 Å². The molecule has 0 bridgehead atoms. The van der Waals surface area contributed by atoms with Gasteiger partial charge in [0, 0.05) is 30.9 Å². The SMILES string of the molecule is COc1cc(NC(=O)CSC(=S)N2CCCC2)cc(OC)c1OC. The Morgan fingerprint density at radius 2 is 1.75 bits per heavy atom. The molecule has 0 aliphatic carbocycles. The van der Waals surface area contributed by atoms with Crippen LogP contribution in [0.4, 0.5) is 5.69 Å². The maximum atomic E-state index is 12.2. The van der Waals surface area contributed by atoms with Crippen molar-refractivity contribution in [3.63, 3.8) is 0 Å². The zero-order chi connectivity index (χ0) is 17.5. The molecule has 6 nitrogen and oxygen atoms in total. The summed E-state index contributed by atoms with van der Waals surface area (Å²) in [4.78, 5) is 14.3. The van der Waals surface area contributed by atoms with Gasteiger partial charge in [0.15, 0.2) is 11.5 Å². The van der Waals surface area contributed by atoms with E-state index in [0.717, 1.165) is 17.4 Å². The normalized spacial score (nSPS) is 13.5. The lowest BCUT2D eigenvalue weighted by Crippen LogP contribution is -2.25. The molecule has 132 valence electrons. The fourth-order valence-corrected chi connectivity index (χ4v) is 3.52. The molecular weight excluding hydrogens is 348 g/mol. The quantitative estimate of drug-likeness (QED) is 0.773. The number of nitrogens with one attached hydrogen (secondary N) is 1. The Morgan fingerprint density at radius 1 is 1.17 bits per heavy atom. The van der Waals surface area contributed by atoms with Crippen LogP contribution in [0, 0.1) is 0 Å². The molecular formula is C16H22N2O4S2. The van der Waals surface area contributed by atoms with Gasteiger partial charge in [-0.15, -0.1) is 0 Å². The largest absolute Gasteiger partial charge is 0.493 e. The molecule has 1 fully saturated rings. The summed E-state index contributed by atoms with van der Waals surface area (Å²) in [7, 11) is 4.61. The molecule has 1 aliphatic rings. The number of nitrogens with zero attached hydrogens (tertiary/aromatic N) is 1. The Morgan fingerprint density at radius 3 is 2.25 bits per heavy atom. The van der Waals surface area contributed by atoms with Gasteiger partial charge < -0.3 is 24.4 Å². The average Bonchev–Trinajstić information content (AvgIpc) is 3.13. The van der Waals surface area contributed by atoms with Crippen LogP contribution in [-0.4, -0.2) is 55.3 Å². The number of amides is 1. The smallest absolute Gasteiger partial charge is 0.234 e. The number of carbonyl (C=O) groups excluding carboxylic acids is 1. The zero-order valence-electron chi connectivity index (χ0n) is 14.1. The van der Waals surface area contributed by atoms with Crippen LogP contribution >= 0.6 is 24.0 Å². The first kappa shape index (κ1) is 18.7. The number of likely N-dealkylation sites (tertiary alicyclic amines) is 1. The average molecular weight is 370 g/mol. The van der Waals surface area contributed by atoms with Crippen molar-refractivity contribution in [2.45, 2.75) is 12.8 Å². The number of benzene rings is 1. The van der Waals surface area contributed by atoms with Crippen LogP contribution < -0.4 is 19.5 Å². The van der Waals surface area contributed by atoms with Crippen molar-refractivity contribution in [1.29, 1.82) is 0 Å². The van der Waals surface area contributed by atoms with Crippen molar-refractivity contribution in [1.82, 2.24) is 4.90 Å². The van der Waals surface area contributed by atoms with Crippen LogP contribution in [0.25, 0.3) is 0 Å². The minimum Gasteiger partial charge on any atom is -0.493 e. The Hall–Kier alpha value is -1.67. The molecule has 1 aromatic carbocycles. The maximum absolute atomic E-state index is 12.2. The topological polar surface area (TPSA) is 60.0 Å². The van der Waals surface area contributed by atoms with Crippen molar-refractivity contribution < 1.29 is 19.0 Å². The van der Waals surface area contributed by atoms with Gasteiger partial charge in [0.05, 0.1) is 27.1 Å². The molecule has 2 rings (SSSR count). The van der Waals surface area contributed by atoms with E-state index in [9.17, 15) is 4.79 Å². The highest BCUT2D eigenvalue weighted by molar-refractivity contribution is 8.23. The van der Waals surface area contributed by atoms with Crippen LogP contribution in [0.2, 0.25) is 0 Å². The van der Waals surface area contributed by atoms with Crippen molar-refractivity contribution in [2.75, 3.05) is 45.5 Å². The van der Waals surface area contributed by atoms with Crippen molar-refractivity contribution in [3.05, 3.63) is 12.1 Å². The number of thioether (sulfide) groups is 1. The molecule has 0 atom stereocenters. The minimum absolute atomic E-state index is 0.129. The number of hydrogen-bond donors (Lipinski definition) is 1. The number of hydrogen-bond acceptors (Lipinski definition) is 6. The second kappa shape index (κ2) is 8.98. The van der Waals surface area contributed by atoms with Gasteiger partial charge in [0.25, 0.3) is 0 Å². The molecule has 8 heteroatoms. The fraction of sp³-hybridized carbons (Fsp3) is 0.500. The van der Waals surface area contributed by atoms with Gasteiger partial charge >= 0.3 is 0 Å². The van der Waals surface area contributed by atoms with E-state index in [-0.39, 0.29) is 11.7 Å². The monoisotopic (exact) mass is 370 g/mol. The van der Waals surface area contributed by atoms with Gasteiger partial charge in [0.2, 0.25) is 11.7 Å². The summed E-state index contributed by atoms with van der Waals surface area (Å²) in [5, 5.41) is 2.84. The first-order valence-corrected chi connectivity index (χ1v) is 9.00. The van der Waals surface area contributed by atoms with Gasteiger partial charge in [0.1, 0.15) is 4.32 Å². The van der Waals surface area contributed by atoms with Gasteiger partial charge in [-0.3, -0.25) is 4.79 Å². The maximum Gasteiger partial charge on any atom is 0.234 e. The molecule has 1 aliphatic heterocycles. The standard InChI is InChI=1S/C16H22N2O4S2/c1-20-12-8-11(9-13(21-2)15(12)22-3)17-14(19)10-24-16(23)18-6-4-5-7-18/h8-9H,4-7,10H2,1-3H3,(H,17,19). The lowest BCUT2D eigenvalue weighted by Gasteiger charge is -2.17. The van der Waals surface area contributed by atoms with Crippen molar-refractivity contribution in [3.8, 4) is 17.2 Å². The summed E-state index contributed by atoms with van der Waals surface area (Å²) in [6.45, 7) is 1.97. The van der Waals surface area contributed by atoms with E-state index < -0.39 is 0 Å². The second-order valence-corrected chi connectivity index (χ2v) is 6.82. The Bertz CT molecular complexity index is 579. The molecule has 1 aromatic rings. The minimum atomic E-state index is -0.129. The van der Waals surface area contributed by atoms with Crippen LogP contribution in [0.3, 0.4) is 0 Å². The number of rotatable bonds is 6. The van der Waals surface area contributed by atoms with Crippen LogP contribution in [0.5, 0.6) is 17.2 Å². The number of methoxy groups -OCH3 is 3. The van der Waals surface area contributed by atoms with E-state index in [1.807, 2.05) is 0 Å². The highest BCUT2D eigenvalue weighted by Crippen LogP contribution is 2.39. The van der Waals surface area contributed by atoms with Crippen LogP contribution in [0.15, 0.2) is 12.1 Å². The summed E-state index contributed by atoms with van der Waals surface area (Å²) < 4.78 is 16.6. The number of carbonyl (C=O) groups is 1. The van der Waals surface area contributed by atoms with E-state index >= 15 is 0 Å². The van der Waals surface area contributed by atoms with E-state index in [1.165, 1.54) is 45.9 Å². The number of ether oxygens (including phenoxy) is 3. The Labute approximate surface area is 151 Å². The van der Waals surface area contributed by atoms with Crippen LogP contribution in [-0.2, 0) is 4.79 Å². The molecule has 0 spiro atoms. The summed E-state index contributed by atoms with van der Waals surface area (Å²) in [6, 6.07) is 3.39. The Kier molecular flexibility index (Phi) is 6.99. The third-order valence-corrected chi connectivity index (χ3v) is 5.16. The third kappa shape index (κ3) is 4.67. The predicted octanol–water partition coefficient (Wildman–Crippen LogP) is 2.76. The Balaban J connectivity index is 1.96. The highest BCUT2D eigenvalue weighted by Gasteiger charge is 2.17. The van der Waals surface area contributed by atoms with E-state index in [2.05, 4.69) is 10.2 Å². The zero-order valence-corrected chi connectivity index (χ0v) is 15.7. The summed E-state index contributed by atoms with van der Waals surface area (Å²) in [6.07, 6.45) is 2.33. The first-order valence-electron chi connectivity index (χ1n) is 7.60. The number of anilines is 1. The first-order chi connectivity index (χ1) is 11.6. The van der Waals surface area contributed by atoms with E-state index in [4.69, 9.17) is 26.4 Å². The van der Waals surface area contributed by atoms with Gasteiger partial charge in [-0.05, 0) is 12.8 Å². The van der Waals surface area contributed by atoms with Gasteiger partial charge in [-0.2, -0.15) is 0 Å². The van der Waals surface area contributed by atoms with Crippen molar-refractivity contribution in [2.24, 2.45) is 0 Å². The van der Waals surface area contributed by atoms with E-state index in [0.29, 0.717) is 22.9 Å². The molecule has 0 unspecified atom stereocenters. The number of thiocarbonyl (C=S) groups is 1.